The quantitative estimate of drug-likeness (QED) is 0.184. The third-order valence-corrected chi connectivity index (χ3v) is 7.05. The number of benzene rings is 2. The normalized spacial score (nSPS) is 16.1. The Morgan fingerprint density at radius 1 is 1.06 bits per heavy atom. The molecule has 1 saturated heterocycles. The van der Waals surface area contributed by atoms with Crippen LogP contribution >= 0.6 is 22.6 Å². The van der Waals surface area contributed by atoms with Crippen molar-refractivity contribution in [1.82, 2.24) is 14.6 Å². The molecule has 5 nitrogen and oxygen atoms in total. The van der Waals surface area contributed by atoms with Gasteiger partial charge in [0.2, 0.25) is 0 Å². The van der Waals surface area contributed by atoms with Crippen molar-refractivity contribution in [3.05, 3.63) is 78.0 Å². The standard InChI is InChI=1S/C24H22F2IN5/c1-30(15-16-11-18(25)13-19(26)12-16)24-9-8-23-28-14-21(32(23)29-24)17-4-6-20(7-5-17)31-10-2-3-22(31)27/h4-9,11-14,22H,2-3,10,15H2,1H3. The van der Waals surface area contributed by atoms with Crippen LogP contribution in [0.2, 0.25) is 0 Å². The lowest BCUT2D eigenvalue weighted by molar-refractivity contribution is 0.579. The summed E-state index contributed by atoms with van der Waals surface area (Å²) in [5.74, 6) is -0.484. The number of hydrogen-bond donors (Lipinski definition) is 0. The van der Waals surface area contributed by atoms with Crippen LogP contribution in [0.5, 0.6) is 0 Å². The van der Waals surface area contributed by atoms with Gasteiger partial charge in [0.25, 0.3) is 0 Å². The van der Waals surface area contributed by atoms with Crippen molar-refractivity contribution in [2.24, 2.45) is 0 Å². The lowest BCUT2D eigenvalue weighted by atomic mass is 10.1. The van der Waals surface area contributed by atoms with E-state index in [4.69, 9.17) is 5.10 Å². The van der Waals surface area contributed by atoms with Crippen LogP contribution in [0.15, 0.2) is 60.8 Å². The maximum absolute atomic E-state index is 13.5. The van der Waals surface area contributed by atoms with Gasteiger partial charge in [0.05, 0.1) is 15.9 Å². The van der Waals surface area contributed by atoms with E-state index in [1.165, 1.54) is 30.7 Å². The number of halogens is 3. The van der Waals surface area contributed by atoms with Gasteiger partial charge < -0.3 is 9.80 Å². The molecule has 1 fully saturated rings. The van der Waals surface area contributed by atoms with Gasteiger partial charge in [-0.3, -0.25) is 0 Å². The van der Waals surface area contributed by atoms with Crippen LogP contribution in [-0.2, 0) is 6.54 Å². The number of rotatable bonds is 5. The number of anilines is 2. The average molecular weight is 545 g/mol. The second-order valence-electron chi connectivity index (χ2n) is 8.06. The summed E-state index contributed by atoms with van der Waals surface area (Å²) in [4.78, 5) is 8.77. The van der Waals surface area contributed by atoms with E-state index in [0.717, 1.165) is 29.5 Å². The van der Waals surface area contributed by atoms with Gasteiger partial charge in [0, 0.05) is 37.5 Å². The minimum Gasteiger partial charge on any atom is -0.360 e. The monoisotopic (exact) mass is 545 g/mol. The second kappa shape index (κ2) is 8.65. The number of alkyl halides is 1. The largest absolute Gasteiger partial charge is 0.360 e. The minimum absolute atomic E-state index is 0.333. The highest BCUT2D eigenvalue weighted by Crippen LogP contribution is 2.31. The van der Waals surface area contributed by atoms with Gasteiger partial charge in [-0.25, -0.2) is 18.3 Å². The molecule has 0 amide bonds. The number of nitrogens with zero attached hydrogens (tertiary/aromatic N) is 5. The number of aromatic nitrogens is 3. The number of hydrogen-bond acceptors (Lipinski definition) is 4. The van der Waals surface area contributed by atoms with Gasteiger partial charge in [0.1, 0.15) is 17.5 Å². The molecule has 4 aromatic rings. The van der Waals surface area contributed by atoms with E-state index in [1.54, 1.807) is 0 Å². The summed E-state index contributed by atoms with van der Waals surface area (Å²) in [6, 6.07) is 15.8. The Morgan fingerprint density at radius 3 is 2.50 bits per heavy atom. The topological polar surface area (TPSA) is 36.7 Å². The summed E-state index contributed by atoms with van der Waals surface area (Å²) in [5, 5.41) is 4.75. The molecule has 8 heteroatoms. The summed E-state index contributed by atoms with van der Waals surface area (Å²) in [6.07, 6.45) is 4.27. The molecule has 1 aliphatic heterocycles. The van der Waals surface area contributed by atoms with Crippen molar-refractivity contribution in [3.63, 3.8) is 0 Å². The lowest BCUT2D eigenvalue weighted by Crippen LogP contribution is -2.23. The third-order valence-electron chi connectivity index (χ3n) is 5.76. The van der Waals surface area contributed by atoms with Crippen molar-refractivity contribution in [2.75, 3.05) is 23.4 Å². The minimum atomic E-state index is -0.583. The Bertz CT molecular complexity index is 1240. The molecule has 1 aliphatic rings. The summed E-state index contributed by atoms with van der Waals surface area (Å²) in [6.45, 7) is 1.42. The highest BCUT2D eigenvalue weighted by atomic mass is 127. The molecule has 0 bridgehead atoms. The molecule has 2 aromatic carbocycles. The molecule has 32 heavy (non-hydrogen) atoms. The van der Waals surface area contributed by atoms with Crippen molar-refractivity contribution in [2.45, 2.75) is 23.4 Å². The molecular weight excluding hydrogens is 523 g/mol. The lowest BCUT2D eigenvalue weighted by Gasteiger charge is -2.22. The van der Waals surface area contributed by atoms with Crippen molar-refractivity contribution < 1.29 is 8.78 Å². The zero-order chi connectivity index (χ0) is 22.2. The third kappa shape index (κ3) is 4.15. The Morgan fingerprint density at radius 2 is 1.81 bits per heavy atom. The van der Waals surface area contributed by atoms with E-state index < -0.39 is 11.6 Å². The Kier molecular flexibility index (Phi) is 5.71. The van der Waals surface area contributed by atoms with Gasteiger partial charge in [-0.2, -0.15) is 0 Å². The first-order chi connectivity index (χ1) is 15.5. The summed E-state index contributed by atoms with van der Waals surface area (Å²) in [7, 11) is 1.85. The molecule has 2 aromatic heterocycles. The molecule has 0 N–H and O–H groups in total. The fraction of sp³-hybridized carbons (Fsp3) is 0.250. The SMILES string of the molecule is CN(Cc1cc(F)cc(F)c1)c1ccc2ncc(-c3ccc(N4CCCC4I)cc3)n2n1. The molecule has 1 atom stereocenters. The van der Waals surface area contributed by atoms with Gasteiger partial charge in [-0.05, 0) is 54.8 Å². The van der Waals surface area contributed by atoms with Crippen LogP contribution in [0.1, 0.15) is 18.4 Å². The van der Waals surface area contributed by atoms with E-state index >= 15 is 0 Å². The van der Waals surface area contributed by atoms with Gasteiger partial charge in [0.15, 0.2) is 5.65 Å². The predicted octanol–water partition coefficient (Wildman–Crippen LogP) is 5.67. The van der Waals surface area contributed by atoms with Gasteiger partial charge in [-0.1, -0.05) is 34.7 Å². The van der Waals surface area contributed by atoms with Crippen molar-refractivity contribution in [1.29, 1.82) is 0 Å². The van der Waals surface area contributed by atoms with Crippen LogP contribution < -0.4 is 9.80 Å². The van der Waals surface area contributed by atoms with Crippen LogP contribution in [0.25, 0.3) is 16.9 Å². The molecular formula is C24H22F2IN5. The van der Waals surface area contributed by atoms with Crippen molar-refractivity contribution >= 4 is 39.7 Å². The molecule has 0 saturated carbocycles. The fourth-order valence-electron chi connectivity index (χ4n) is 4.16. The van der Waals surface area contributed by atoms with Crippen LogP contribution in [0, 0.1) is 11.6 Å². The molecule has 5 rings (SSSR count). The molecule has 0 radical (unpaired) electrons. The Labute approximate surface area is 198 Å². The molecule has 164 valence electrons. The van der Waals surface area contributed by atoms with Gasteiger partial charge >= 0.3 is 0 Å². The smallest absolute Gasteiger partial charge is 0.154 e. The van der Waals surface area contributed by atoms with Crippen LogP contribution in [0.3, 0.4) is 0 Å². The highest BCUT2D eigenvalue weighted by Gasteiger charge is 2.22. The van der Waals surface area contributed by atoms with Crippen LogP contribution in [-0.4, -0.2) is 32.2 Å². The maximum Gasteiger partial charge on any atom is 0.154 e. The zero-order valence-corrected chi connectivity index (χ0v) is 19.7. The second-order valence-corrected chi connectivity index (χ2v) is 9.49. The molecule has 0 spiro atoms. The van der Waals surface area contributed by atoms with Gasteiger partial charge in [-0.15, -0.1) is 5.10 Å². The number of fused-ring (bicyclic) bond motifs is 1. The number of imidazole rings is 1. The van der Waals surface area contributed by atoms with Crippen molar-refractivity contribution in [3.8, 4) is 11.3 Å². The molecule has 3 heterocycles. The summed E-state index contributed by atoms with van der Waals surface area (Å²) < 4.78 is 29.4. The summed E-state index contributed by atoms with van der Waals surface area (Å²) in [5.41, 5.74) is 4.44. The highest BCUT2D eigenvalue weighted by molar-refractivity contribution is 14.1. The first kappa shape index (κ1) is 21.1. The van der Waals surface area contributed by atoms with Crippen LogP contribution in [0.4, 0.5) is 20.3 Å². The maximum atomic E-state index is 13.5. The fourth-order valence-corrected chi connectivity index (χ4v) is 5.20. The van der Waals surface area contributed by atoms with E-state index in [2.05, 4.69) is 56.7 Å². The first-order valence-corrected chi connectivity index (χ1v) is 11.7. The molecule has 0 aliphatic carbocycles. The van der Waals surface area contributed by atoms with E-state index in [0.29, 0.717) is 22.0 Å². The Hall–Kier alpha value is -2.75. The molecule has 1 unspecified atom stereocenters. The van der Waals surface area contributed by atoms with E-state index in [1.807, 2.05) is 34.8 Å². The zero-order valence-electron chi connectivity index (χ0n) is 17.5. The first-order valence-electron chi connectivity index (χ1n) is 10.5. The van der Waals surface area contributed by atoms with E-state index in [-0.39, 0.29) is 0 Å². The summed E-state index contributed by atoms with van der Waals surface area (Å²) >= 11 is 2.50. The van der Waals surface area contributed by atoms with E-state index in [9.17, 15) is 8.78 Å². The Balaban J connectivity index is 1.42. The average Bonchev–Trinajstić information content (AvgIpc) is 3.38. The predicted molar refractivity (Wildman–Crippen MR) is 131 cm³/mol.